The van der Waals surface area contributed by atoms with Crippen molar-refractivity contribution in [2.45, 2.75) is 52.0 Å². The lowest BCUT2D eigenvalue weighted by Crippen LogP contribution is -2.38. The van der Waals surface area contributed by atoms with Gasteiger partial charge in [0, 0.05) is 6.04 Å². The van der Waals surface area contributed by atoms with Gasteiger partial charge >= 0.3 is 6.18 Å². The second-order valence-corrected chi connectivity index (χ2v) is 6.85. The Morgan fingerprint density at radius 1 is 1.29 bits per heavy atom. The second kappa shape index (κ2) is 6.16. The Bertz CT molecular complexity index is 708. The van der Waals surface area contributed by atoms with Crippen LogP contribution in [0.15, 0.2) is 24.3 Å². The lowest BCUT2D eigenvalue weighted by Gasteiger charge is -2.40. The van der Waals surface area contributed by atoms with Crippen molar-refractivity contribution >= 4 is 0 Å². The van der Waals surface area contributed by atoms with E-state index in [1.165, 1.54) is 11.1 Å². The molecular formula is C16H20F3N5. The van der Waals surface area contributed by atoms with E-state index < -0.39 is 12.7 Å². The van der Waals surface area contributed by atoms with Gasteiger partial charge in [-0.2, -0.15) is 18.0 Å². The van der Waals surface area contributed by atoms with Crippen LogP contribution in [0.4, 0.5) is 13.2 Å². The molecule has 24 heavy (non-hydrogen) atoms. The number of fused-ring (bicyclic) bond motifs is 1. The van der Waals surface area contributed by atoms with Crippen molar-refractivity contribution in [2.24, 2.45) is 5.41 Å². The standard InChI is InChI=1S/C16H20F3N5/c1-15(2)8-7-11-5-3-4-6-12(11)14(15)20-9-13-21-23-24(22-13)10-16(17,18)19/h3-6,14,20H,7-10H2,1-2H3. The van der Waals surface area contributed by atoms with Crippen LogP contribution in [-0.2, 0) is 19.5 Å². The molecule has 1 aromatic carbocycles. The van der Waals surface area contributed by atoms with E-state index in [1.807, 2.05) is 12.1 Å². The summed E-state index contributed by atoms with van der Waals surface area (Å²) in [4.78, 5) is 0.580. The smallest absolute Gasteiger partial charge is 0.302 e. The zero-order valence-corrected chi connectivity index (χ0v) is 13.6. The Morgan fingerprint density at radius 3 is 2.79 bits per heavy atom. The summed E-state index contributed by atoms with van der Waals surface area (Å²) in [6, 6.07) is 8.35. The van der Waals surface area contributed by atoms with Gasteiger partial charge in [-0.1, -0.05) is 38.1 Å². The zero-order chi connectivity index (χ0) is 17.4. The van der Waals surface area contributed by atoms with Gasteiger partial charge in [-0.15, -0.1) is 10.2 Å². The summed E-state index contributed by atoms with van der Waals surface area (Å²) >= 11 is 0. The number of rotatable bonds is 4. The van der Waals surface area contributed by atoms with Gasteiger partial charge in [-0.25, -0.2) is 0 Å². The molecule has 2 aromatic rings. The largest absolute Gasteiger partial charge is 0.409 e. The quantitative estimate of drug-likeness (QED) is 0.930. The van der Waals surface area contributed by atoms with Gasteiger partial charge in [0.1, 0.15) is 0 Å². The van der Waals surface area contributed by atoms with Gasteiger partial charge in [0.05, 0.1) is 6.54 Å². The molecule has 1 heterocycles. The second-order valence-electron chi connectivity index (χ2n) is 6.85. The Labute approximate surface area is 138 Å². The van der Waals surface area contributed by atoms with Crippen LogP contribution in [0.2, 0.25) is 0 Å². The Balaban J connectivity index is 1.72. The topological polar surface area (TPSA) is 55.6 Å². The number of hydrogen-bond acceptors (Lipinski definition) is 4. The van der Waals surface area contributed by atoms with Crippen molar-refractivity contribution in [1.29, 1.82) is 0 Å². The first-order valence-corrected chi connectivity index (χ1v) is 7.89. The van der Waals surface area contributed by atoms with Gasteiger partial charge in [0.15, 0.2) is 12.4 Å². The maximum absolute atomic E-state index is 12.4. The minimum absolute atomic E-state index is 0.0380. The number of nitrogens with one attached hydrogen (secondary N) is 1. The first kappa shape index (κ1) is 16.9. The van der Waals surface area contributed by atoms with E-state index in [0.717, 1.165) is 12.8 Å². The van der Waals surface area contributed by atoms with E-state index in [0.29, 0.717) is 4.80 Å². The van der Waals surface area contributed by atoms with Gasteiger partial charge in [-0.3, -0.25) is 0 Å². The van der Waals surface area contributed by atoms with E-state index in [1.54, 1.807) is 0 Å². The van der Waals surface area contributed by atoms with Gasteiger partial charge < -0.3 is 5.32 Å². The zero-order valence-electron chi connectivity index (χ0n) is 13.6. The average Bonchev–Trinajstić information content (AvgIpc) is 2.91. The lowest BCUT2D eigenvalue weighted by molar-refractivity contribution is -0.145. The van der Waals surface area contributed by atoms with Crippen LogP contribution in [0.25, 0.3) is 0 Å². The number of tetrazole rings is 1. The molecule has 1 atom stereocenters. The fourth-order valence-electron chi connectivity index (χ4n) is 3.22. The fraction of sp³-hybridized carbons (Fsp3) is 0.562. The number of hydrogen-bond donors (Lipinski definition) is 1. The van der Waals surface area contributed by atoms with Crippen LogP contribution in [-0.4, -0.2) is 26.4 Å². The molecule has 1 aliphatic carbocycles. The molecule has 0 fully saturated rings. The molecular weight excluding hydrogens is 319 g/mol. The number of nitrogens with zero attached hydrogens (tertiary/aromatic N) is 4. The maximum Gasteiger partial charge on any atom is 0.409 e. The lowest BCUT2D eigenvalue weighted by atomic mass is 9.70. The van der Waals surface area contributed by atoms with Crippen LogP contribution in [0.5, 0.6) is 0 Å². The van der Waals surface area contributed by atoms with Crippen molar-refractivity contribution < 1.29 is 13.2 Å². The summed E-state index contributed by atoms with van der Waals surface area (Å²) < 4.78 is 37.1. The third-order valence-corrected chi connectivity index (χ3v) is 4.47. The first-order chi connectivity index (χ1) is 11.2. The van der Waals surface area contributed by atoms with Gasteiger partial charge in [0.25, 0.3) is 0 Å². The van der Waals surface area contributed by atoms with E-state index in [-0.39, 0.29) is 23.8 Å². The molecule has 0 saturated carbocycles. The van der Waals surface area contributed by atoms with Gasteiger partial charge in [-0.05, 0) is 34.6 Å². The number of halogens is 3. The molecule has 0 amide bonds. The summed E-state index contributed by atoms with van der Waals surface area (Å²) in [6.45, 7) is 3.43. The van der Waals surface area contributed by atoms with Crippen LogP contribution < -0.4 is 5.32 Å². The fourth-order valence-corrected chi connectivity index (χ4v) is 3.22. The monoisotopic (exact) mass is 339 g/mol. The molecule has 8 heteroatoms. The molecule has 0 saturated heterocycles. The third kappa shape index (κ3) is 3.75. The molecule has 3 rings (SSSR count). The average molecular weight is 339 g/mol. The Hall–Kier alpha value is -1.96. The highest BCUT2D eigenvalue weighted by Crippen LogP contribution is 2.43. The normalized spacial score (nSPS) is 20.0. The van der Waals surface area contributed by atoms with Crippen LogP contribution in [0.3, 0.4) is 0 Å². The van der Waals surface area contributed by atoms with Crippen molar-refractivity contribution in [3.63, 3.8) is 0 Å². The highest BCUT2D eigenvalue weighted by atomic mass is 19.4. The molecule has 0 bridgehead atoms. The van der Waals surface area contributed by atoms with E-state index >= 15 is 0 Å². The first-order valence-electron chi connectivity index (χ1n) is 7.89. The molecule has 0 spiro atoms. The molecule has 1 aliphatic rings. The molecule has 1 unspecified atom stereocenters. The molecule has 1 aromatic heterocycles. The Kier molecular flexibility index (Phi) is 4.33. The van der Waals surface area contributed by atoms with Crippen LogP contribution in [0, 0.1) is 5.41 Å². The summed E-state index contributed by atoms with van der Waals surface area (Å²) in [5, 5.41) is 14.4. The molecule has 0 aliphatic heterocycles. The third-order valence-electron chi connectivity index (χ3n) is 4.47. The number of aryl methyl sites for hydroxylation is 1. The SMILES string of the molecule is CC1(C)CCc2ccccc2C1NCc1nnn(CC(F)(F)F)n1. The Morgan fingerprint density at radius 2 is 2.04 bits per heavy atom. The summed E-state index contributed by atoms with van der Waals surface area (Å²) in [5.41, 5.74) is 2.58. The van der Waals surface area contributed by atoms with Crippen LogP contribution in [0.1, 0.15) is 43.3 Å². The predicted octanol–water partition coefficient (Wildman–Crippen LogP) is 3.04. The number of benzene rings is 1. The van der Waals surface area contributed by atoms with Crippen LogP contribution >= 0.6 is 0 Å². The maximum atomic E-state index is 12.4. The minimum atomic E-state index is -4.35. The van der Waals surface area contributed by atoms with Crippen molar-refractivity contribution in [1.82, 2.24) is 25.5 Å². The highest BCUT2D eigenvalue weighted by molar-refractivity contribution is 5.34. The van der Waals surface area contributed by atoms with E-state index in [4.69, 9.17) is 0 Å². The number of alkyl halides is 3. The minimum Gasteiger partial charge on any atom is -0.302 e. The van der Waals surface area contributed by atoms with E-state index in [2.05, 4.69) is 46.7 Å². The van der Waals surface area contributed by atoms with Crippen molar-refractivity contribution in [3.05, 3.63) is 41.2 Å². The van der Waals surface area contributed by atoms with E-state index in [9.17, 15) is 13.2 Å². The molecule has 130 valence electrons. The van der Waals surface area contributed by atoms with Gasteiger partial charge in [0.2, 0.25) is 0 Å². The summed E-state index contributed by atoms with van der Waals surface area (Å²) in [6.07, 6.45) is -2.28. The summed E-state index contributed by atoms with van der Waals surface area (Å²) in [5.74, 6) is 0.262. The van der Waals surface area contributed by atoms with Crippen molar-refractivity contribution in [3.8, 4) is 0 Å². The molecule has 0 radical (unpaired) electrons. The highest BCUT2D eigenvalue weighted by Gasteiger charge is 2.35. The summed E-state index contributed by atoms with van der Waals surface area (Å²) in [7, 11) is 0. The molecule has 5 nitrogen and oxygen atoms in total. The molecule has 1 N–H and O–H groups in total. The number of aromatic nitrogens is 4. The predicted molar refractivity (Wildman–Crippen MR) is 82.0 cm³/mol. The van der Waals surface area contributed by atoms with Crippen molar-refractivity contribution in [2.75, 3.05) is 0 Å².